The summed E-state index contributed by atoms with van der Waals surface area (Å²) >= 11 is 1.06. The van der Waals surface area contributed by atoms with Crippen LogP contribution in [0.4, 0.5) is 0 Å². The highest BCUT2D eigenvalue weighted by atomic mass is 32.2. The van der Waals surface area contributed by atoms with Gasteiger partial charge in [0.1, 0.15) is 0 Å². The van der Waals surface area contributed by atoms with Gasteiger partial charge in [-0.15, -0.1) is 11.3 Å². The zero-order valence-corrected chi connectivity index (χ0v) is 9.37. The van der Waals surface area contributed by atoms with Crippen molar-refractivity contribution in [2.24, 2.45) is 5.14 Å². The molecule has 0 aliphatic rings. The molecule has 1 aromatic heterocycles. The smallest absolute Gasteiger partial charge is 0.229 e. The highest BCUT2D eigenvalue weighted by molar-refractivity contribution is 7.91. The second-order valence-electron chi connectivity index (χ2n) is 3.79. The van der Waals surface area contributed by atoms with Crippen molar-refractivity contribution in [3.8, 4) is 0 Å². The van der Waals surface area contributed by atoms with Gasteiger partial charge in [0.25, 0.3) is 10.0 Å². The Labute approximate surface area is 81.9 Å². The van der Waals surface area contributed by atoms with Crippen molar-refractivity contribution in [3.63, 3.8) is 0 Å². The molecule has 0 amide bonds. The van der Waals surface area contributed by atoms with E-state index in [4.69, 9.17) is 5.14 Å². The van der Waals surface area contributed by atoms with E-state index in [9.17, 15) is 8.42 Å². The average molecular weight is 220 g/mol. The molecule has 2 N–H and O–H groups in total. The van der Waals surface area contributed by atoms with Crippen LogP contribution in [0.1, 0.15) is 26.5 Å². The molecule has 0 unspecified atom stereocenters. The van der Waals surface area contributed by atoms with Crippen molar-refractivity contribution in [1.29, 1.82) is 0 Å². The van der Waals surface area contributed by atoms with Crippen LogP contribution in [-0.4, -0.2) is 13.4 Å². The van der Waals surface area contributed by atoms with E-state index in [0.29, 0.717) is 0 Å². The number of sulfonamides is 1. The first kappa shape index (κ1) is 10.6. The molecule has 0 saturated heterocycles. The zero-order chi connectivity index (χ0) is 10.3. The molecule has 74 valence electrons. The Morgan fingerprint density at radius 3 is 2.23 bits per heavy atom. The number of hydrogen-bond donors (Lipinski definition) is 1. The molecule has 1 heterocycles. The molecule has 1 rings (SSSR count). The molecule has 0 fully saturated rings. The third kappa shape index (κ3) is 2.49. The topological polar surface area (TPSA) is 73.1 Å². The summed E-state index contributed by atoms with van der Waals surface area (Å²) in [6.07, 6.45) is 0. The van der Waals surface area contributed by atoms with E-state index >= 15 is 0 Å². The van der Waals surface area contributed by atoms with Crippen LogP contribution in [0, 0.1) is 0 Å². The lowest BCUT2D eigenvalue weighted by atomic mass is 9.93. The number of hydrogen-bond acceptors (Lipinski definition) is 4. The molecule has 0 aliphatic heterocycles. The van der Waals surface area contributed by atoms with E-state index in [1.54, 1.807) is 5.38 Å². The predicted molar refractivity (Wildman–Crippen MR) is 52.2 cm³/mol. The molecular weight excluding hydrogens is 208 g/mol. The number of aromatic nitrogens is 1. The fraction of sp³-hybridized carbons (Fsp3) is 0.571. The van der Waals surface area contributed by atoms with Crippen molar-refractivity contribution in [1.82, 2.24) is 4.98 Å². The quantitative estimate of drug-likeness (QED) is 0.770. The maximum absolute atomic E-state index is 10.9. The Morgan fingerprint density at radius 1 is 1.46 bits per heavy atom. The average Bonchev–Trinajstić information content (AvgIpc) is 2.28. The molecule has 13 heavy (non-hydrogen) atoms. The minimum absolute atomic E-state index is 0.0163. The maximum Gasteiger partial charge on any atom is 0.265 e. The summed E-state index contributed by atoms with van der Waals surface area (Å²) < 4.78 is 21.8. The molecule has 1 aromatic rings. The summed E-state index contributed by atoms with van der Waals surface area (Å²) in [6, 6.07) is 0. The first-order valence-corrected chi connectivity index (χ1v) is 6.12. The van der Waals surface area contributed by atoms with Gasteiger partial charge >= 0.3 is 0 Å². The van der Waals surface area contributed by atoms with Crippen LogP contribution in [0.5, 0.6) is 0 Å². The molecule has 0 radical (unpaired) electrons. The van der Waals surface area contributed by atoms with Crippen molar-refractivity contribution < 1.29 is 8.42 Å². The molecule has 0 bridgehead atoms. The lowest BCUT2D eigenvalue weighted by Crippen LogP contribution is -2.15. The fourth-order valence-corrected chi connectivity index (χ4v) is 2.41. The van der Waals surface area contributed by atoms with Gasteiger partial charge in [0.05, 0.1) is 5.69 Å². The van der Waals surface area contributed by atoms with Crippen molar-refractivity contribution in [3.05, 3.63) is 11.1 Å². The van der Waals surface area contributed by atoms with Crippen LogP contribution >= 0.6 is 11.3 Å². The summed E-state index contributed by atoms with van der Waals surface area (Å²) in [7, 11) is -3.63. The molecule has 6 heteroatoms. The van der Waals surface area contributed by atoms with Gasteiger partial charge in [-0.3, -0.25) is 0 Å². The third-order valence-electron chi connectivity index (χ3n) is 1.49. The third-order valence-corrected chi connectivity index (χ3v) is 3.69. The SMILES string of the molecule is CC(C)(C)c1csc(S(N)(=O)=O)n1. The normalized spacial score (nSPS) is 13.2. The van der Waals surface area contributed by atoms with Gasteiger partial charge in [0.15, 0.2) is 0 Å². The lowest BCUT2D eigenvalue weighted by Gasteiger charge is -2.13. The molecule has 4 nitrogen and oxygen atoms in total. The van der Waals surface area contributed by atoms with Gasteiger partial charge in [-0.2, -0.15) is 0 Å². The molecule has 0 saturated carbocycles. The number of primary sulfonamides is 1. The second kappa shape index (κ2) is 3.04. The van der Waals surface area contributed by atoms with E-state index in [2.05, 4.69) is 4.98 Å². The number of rotatable bonds is 1. The van der Waals surface area contributed by atoms with Crippen LogP contribution in [-0.2, 0) is 15.4 Å². The highest BCUT2D eigenvalue weighted by Gasteiger charge is 2.20. The van der Waals surface area contributed by atoms with Crippen molar-refractivity contribution >= 4 is 21.4 Å². The lowest BCUT2D eigenvalue weighted by molar-refractivity contribution is 0.565. The minimum Gasteiger partial charge on any atom is -0.229 e. The van der Waals surface area contributed by atoms with Gasteiger partial charge in [-0.25, -0.2) is 18.5 Å². The van der Waals surface area contributed by atoms with E-state index in [1.165, 1.54) is 0 Å². The second-order valence-corrected chi connectivity index (χ2v) is 6.39. The molecule has 0 atom stereocenters. The minimum atomic E-state index is -3.63. The van der Waals surface area contributed by atoms with Gasteiger partial charge < -0.3 is 0 Å². The zero-order valence-electron chi connectivity index (χ0n) is 7.73. The first-order chi connectivity index (χ1) is 5.71. The van der Waals surface area contributed by atoms with Crippen LogP contribution in [0.3, 0.4) is 0 Å². The van der Waals surface area contributed by atoms with Gasteiger partial charge in [-0.1, -0.05) is 20.8 Å². The van der Waals surface area contributed by atoms with Gasteiger partial charge in [0.2, 0.25) is 4.34 Å². The fourth-order valence-electron chi connectivity index (χ4n) is 0.732. The van der Waals surface area contributed by atoms with E-state index in [1.807, 2.05) is 20.8 Å². The van der Waals surface area contributed by atoms with Crippen LogP contribution in [0.25, 0.3) is 0 Å². The van der Waals surface area contributed by atoms with Crippen LogP contribution in [0.2, 0.25) is 0 Å². The Morgan fingerprint density at radius 2 is 2.00 bits per heavy atom. The first-order valence-electron chi connectivity index (χ1n) is 3.70. The molecule has 0 aliphatic carbocycles. The van der Waals surface area contributed by atoms with Crippen molar-refractivity contribution in [2.75, 3.05) is 0 Å². The maximum atomic E-state index is 10.9. The number of nitrogens with zero attached hydrogens (tertiary/aromatic N) is 1. The van der Waals surface area contributed by atoms with Crippen molar-refractivity contribution in [2.45, 2.75) is 30.5 Å². The summed E-state index contributed by atoms with van der Waals surface area (Å²) in [6.45, 7) is 5.90. The Kier molecular flexibility index (Phi) is 2.48. The summed E-state index contributed by atoms with van der Waals surface area (Å²) in [4.78, 5) is 3.96. The highest BCUT2D eigenvalue weighted by Crippen LogP contribution is 2.25. The largest absolute Gasteiger partial charge is 0.265 e. The Hall–Kier alpha value is -0.460. The van der Waals surface area contributed by atoms with Gasteiger partial charge in [-0.05, 0) is 0 Å². The summed E-state index contributed by atoms with van der Waals surface area (Å²) in [5.41, 5.74) is 0.612. The van der Waals surface area contributed by atoms with E-state index in [0.717, 1.165) is 17.0 Å². The van der Waals surface area contributed by atoms with Crippen LogP contribution in [0.15, 0.2) is 9.72 Å². The molecule has 0 spiro atoms. The summed E-state index contributed by atoms with van der Waals surface area (Å²) in [5, 5.41) is 6.66. The summed E-state index contributed by atoms with van der Waals surface area (Å²) in [5.74, 6) is 0. The Bertz CT molecular complexity index is 400. The van der Waals surface area contributed by atoms with E-state index < -0.39 is 10.0 Å². The van der Waals surface area contributed by atoms with Crippen LogP contribution < -0.4 is 5.14 Å². The molecular formula is C7H12N2O2S2. The monoisotopic (exact) mass is 220 g/mol. The standard InChI is InChI=1S/C7H12N2O2S2/c1-7(2,3)5-4-12-6(9-5)13(8,10)11/h4H,1-3H3,(H2,8,10,11). The van der Waals surface area contributed by atoms with E-state index in [-0.39, 0.29) is 9.75 Å². The number of nitrogens with two attached hydrogens (primary N) is 1. The Balaban J connectivity index is 3.16. The number of thiazole rings is 1. The van der Waals surface area contributed by atoms with Gasteiger partial charge in [0, 0.05) is 10.8 Å². The molecule has 0 aromatic carbocycles. The predicted octanol–water partition coefficient (Wildman–Crippen LogP) is 1.09.